The molecule has 6 nitrogen and oxygen atoms in total. The molecule has 3 heterocycles. The van der Waals surface area contributed by atoms with Crippen molar-refractivity contribution < 1.29 is 4.79 Å². The minimum atomic E-state index is -0.115. The molecule has 0 saturated carbocycles. The van der Waals surface area contributed by atoms with Crippen LogP contribution in [0.3, 0.4) is 0 Å². The highest BCUT2D eigenvalue weighted by Crippen LogP contribution is 2.22. The summed E-state index contributed by atoms with van der Waals surface area (Å²) in [5, 5.41) is 13.1. The maximum Gasteiger partial charge on any atom is 0.269 e. The van der Waals surface area contributed by atoms with Gasteiger partial charge in [-0.25, -0.2) is 4.98 Å². The predicted molar refractivity (Wildman–Crippen MR) is 94.2 cm³/mol. The molecule has 0 spiro atoms. The monoisotopic (exact) mass is 339 g/mol. The van der Waals surface area contributed by atoms with Gasteiger partial charge in [0.05, 0.1) is 5.69 Å². The number of nitrogens with zero attached hydrogens (tertiary/aromatic N) is 3. The lowest BCUT2D eigenvalue weighted by molar-refractivity contribution is 0.0935. The van der Waals surface area contributed by atoms with E-state index in [1.54, 1.807) is 17.4 Å². The molecule has 122 valence electrons. The second-order valence-corrected chi connectivity index (χ2v) is 6.63. The fourth-order valence-electron chi connectivity index (χ4n) is 2.88. The summed E-state index contributed by atoms with van der Waals surface area (Å²) in [4.78, 5) is 19.0. The summed E-state index contributed by atoms with van der Waals surface area (Å²) in [6, 6.07) is 11.7. The van der Waals surface area contributed by atoms with Gasteiger partial charge in [0.1, 0.15) is 5.69 Å². The van der Waals surface area contributed by atoms with Gasteiger partial charge in [0.25, 0.3) is 5.91 Å². The number of H-pyrrole nitrogens is 1. The Morgan fingerprint density at radius 2 is 2.21 bits per heavy atom. The maximum absolute atomic E-state index is 12.4. The second-order valence-electron chi connectivity index (χ2n) is 5.75. The maximum atomic E-state index is 12.4. The van der Waals surface area contributed by atoms with Gasteiger partial charge in [-0.2, -0.15) is 5.10 Å². The van der Waals surface area contributed by atoms with Gasteiger partial charge in [0, 0.05) is 36.3 Å². The van der Waals surface area contributed by atoms with Crippen molar-refractivity contribution in [1.82, 2.24) is 20.5 Å². The largest absolute Gasteiger partial charge is 0.346 e. The Balaban J connectivity index is 1.40. The Labute approximate surface area is 143 Å². The van der Waals surface area contributed by atoms with Gasteiger partial charge in [-0.15, -0.1) is 11.3 Å². The topological polar surface area (TPSA) is 73.9 Å². The van der Waals surface area contributed by atoms with Crippen molar-refractivity contribution in [3.63, 3.8) is 0 Å². The van der Waals surface area contributed by atoms with Gasteiger partial charge in [0.15, 0.2) is 5.13 Å². The minimum Gasteiger partial charge on any atom is -0.346 e. The van der Waals surface area contributed by atoms with Gasteiger partial charge < -0.3 is 10.2 Å². The summed E-state index contributed by atoms with van der Waals surface area (Å²) < 4.78 is 0. The first-order valence-corrected chi connectivity index (χ1v) is 8.74. The molecule has 1 aromatic carbocycles. The first kappa shape index (κ1) is 14.9. The number of nitrogens with one attached hydrogen (secondary N) is 2. The molecule has 24 heavy (non-hydrogen) atoms. The molecule has 4 rings (SSSR count). The molecule has 3 aromatic rings. The Kier molecular flexibility index (Phi) is 4.00. The van der Waals surface area contributed by atoms with Crippen LogP contribution < -0.4 is 10.2 Å². The Bertz CT molecular complexity index is 815. The fourth-order valence-corrected chi connectivity index (χ4v) is 3.56. The van der Waals surface area contributed by atoms with Crippen molar-refractivity contribution in [2.45, 2.75) is 12.5 Å². The Hall–Kier alpha value is -2.67. The number of carbonyl (C=O) groups is 1. The van der Waals surface area contributed by atoms with Crippen LogP contribution in [0.5, 0.6) is 0 Å². The highest BCUT2D eigenvalue weighted by molar-refractivity contribution is 7.13. The fraction of sp³-hybridized carbons (Fsp3) is 0.235. The summed E-state index contributed by atoms with van der Waals surface area (Å²) in [5.74, 6) is -0.115. The number of aromatic amines is 1. The zero-order valence-electron chi connectivity index (χ0n) is 13.0. The molecule has 1 atom stereocenters. The van der Waals surface area contributed by atoms with Gasteiger partial charge in [-0.1, -0.05) is 30.3 Å². The van der Waals surface area contributed by atoms with Crippen molar-refractivity contribution in [3.8, 4) is 11.3 Å². The normalized spacial score (nSPS) is 17.2. The van der Waals surface area contributed by atoms with E-state index in [0.717, 1.165) is 35.9 Å². The summed E-state index contributed by atoms with van der Waals surface area (Å²) in [6.07, 6.45) is 2.73. The van der Waals surface area contributed by atoms with E-state index in [1.807, 2.05) is 41.9 Å². The molecule has 1 aliphatic heterocycles. The van der Waals surface area contributed by atoms with Crippen molar-refractivity contribution in [2.75, 3.05) is 18.0 Å². The summed E-state index contributed by atoms with van der Waals surface area (Å²) >= 11 is 1.62. The zero-order valence-corrected chi connectivity index (χ0v) is 13.8. The number of amides is 1. The summed E-state index contributed by atoms with van der Waals surface area (Å²) in [7, 11) is 0. The van der Waals surface area contributed by atoms with Gasteiger partial charge in [0.2, 0.25) is 0 Å². The Morgan fingerprint density at radius 1 is 1.33 bits per heavy atom. The number of hydrogen-bond donors (Lipinski definition) is 2. The molecule has 1 saturated heterocycles. The second kappa shape index (κ2) is 6.45. The predicted octanol–water partition coefficient (Wildman–Crippen LogP) is 2.54. The van der Waals surface area contributed by atoms with Gasteiger partial charge in [-0.05, 0) is 12.5 Å². The van der Waals surface area contributed by atoms with Crippen molar-refractivity contribution in [1.29, 1.82) is 0 Å². The van der Waals surface area contributed by atoms with Crippen LogP contribution >= 0.6 is 11.3 Å². The third kappa shape index (κ3) is 3.03. The molecule has 0 aliphatic carbocycles. The summed E-state index contributed by atoms with van der Waals surface area (Å²) in [6.45, 7) is 1.70. The number of aromatic nitrogens is 3. The first-order valence-electron chi connectivity index (χ1n) is 7.86. The van der Waals surface area contributed by atoms with Crippen LogP contribution in [0.2, 0.25) is 0 Å². The van der Waals surface area contributed by atoms with Crippen LogP contribution in [0.4, 0.5) is 5.13 Å². The molecule has 7 heteroatoms. The van der Waals surface area contributed by atoms with E-state index in [9.17, 15) is 4.79 Å². The van der Waals surface area contributed by atoms with E-state index in [0.29, 0.717) is 5.69 Å². The molecule has 2 aromatic heterocycles. The number of carbonyl (C=O) groups excluding carboxylic acids is 1. The number of hydrogen-bond acceptors (Lipinski definition) is 5. The molecule has 1 aliphatic rings. The summed E-state index contributed by atoms with van der Waals surface area (Å²) in [5.41, 5.74) is 2.25. The first-order chi connectivity index (χ1) is 11.8. The van der Waals surface area contributed by atoms with Crippen LogP contribution in [-0.2, 0) is 0 Å². The molecule has 0 radical (unpaired) electrons. The lowest BCUT2D eigenvalue weighted by atomic mass is 10.1. The molecular weight excluding hydrogens is 322 g/mol. The van der Waals surface area contributed by atoms with Gasteiger partial charge in [-0.3, -0.25) is 9.89 Å². The van der Waals surface area contributed by atoms with Crippen LogP contribution in [0.1, 0.15) is 16.9 Å². The lowest BCUT2D eigenvalue weighted by Gasteiger charge is -2.15. The van der Waals surface area contributed by atoms with Crippen molar-refractivity contribution in [2.24, 2.45) is 0 Å². The molecule has 0 unspecified atom stereocenters. The van der Waals surface area contributed by atoms with E-state index < -0.39 is 0 Å². The van der Waals surface area contributed by atoms with Gasteiger partial charge >= 0.3 is 0 Å². The van der Waals surface area contributed by atoms with E-state index in [4.69, 9.17) is 0 Å². The standard InChI is InChI=1S/C17H17N5OS/c23-16(15-10-14(20-21-15)12-4-2-1-3-5-12)19-13-6-8-22(11-13)17-18-7-9-24-17/h1-5,7,9-10,13H,6,8,11H2,(H,19,23)(H,20,21)/t13-/m1/s1. The van der Waals surface area contributed by atoms with E-state index in [2.05, 4.69) is 25.4 Å². The highest BCUT2D eigenvalue weighted by Gasteiger charge is 2.26. The molecule has 0 bridgehead atoms. The van der Waals surface area contributed by atoms with Crippen LogP contribution in [0.15, 0.2) is 48.0 Å². The number of benzene rings is 1. The molecular formula is C17H17N5OS. The molecule has 2 N–H and O–H groups in total. The quantitative estimate of drug-likeness (QED) is 0.766. The van der Waals surface area contributed by atoms with Crippen LogP contribution in [0, 0.1) is 0 Å². The number of anilines is 1. The highest BCUT2D eigenvalue weighted by atomic mass is 32.1. The number of rotatable bonds is 4. The molecule has 1 fully saturated rings. The molecule has 1 amide bonds. The Morgan fingerprint density at radius 3 is 3.00 bits per heavy atom. The SMILES string of the molecule is O=C(N[C@@H]1CCN(c2nccs2)C1)c1cc(-c2ccccc2)n[nH]1. The van der Waals surface area contributed by atoms with Crippen LogP contribution in [0.25, 0.3) is 11.3 Å². The lowest BCUT2D eigenvalue weighted by Crippen LogP contribution is -2.37. The van der Waals surface area contributed by atoms with Crippen LogP contribution in [-0.4, -0.2) is 40.2 Å². The average molecular weight is 339 g/mol. The average Bonchev–Trinajstić information content (AvgIpc) is 3.36. The van der Waals surface area contributed by atoms with Crippen molar-refractivity contribution in [3.05, 3.63) is 53.7 Å². The van der Waals surface area contributed by atoms with E-state index in [-0.39, 0.29) is 11.9 Å². The minimum absolute atomic E-state index is 0.115. The van der Waals surface area contributed by atoms with E-state index >= 15 is 0 Å². The third-order valence-corrected chi connectivity index (χ3v) is 4.94. The zero-order chi connectivity index (χ0) is 16.4. The smallest absolute Gasteiger partial charge is 0.269 e. The van der Waals surface area contributed by atoms with Crippen molar-refractivity contribution >= 4 is 22.4 Å². The third-order valence-electron chi connectivity index (χ3n) is 4.11. The number of thiazole rings is 1. The van der Waals surface area contributed by atoms with E-state index in [1.165, 1.54) is 0 Å².